The van der Waals surface area contributed by atoms with E-state index in [2.05, 4.69) is 54.3 Å². The summed E-state index contributed by atoms with van der Waals surface area (Å²) in [4.78, 5) is 23.1. The van der Waals surface area contributed by atoms with Crippen LogP contribution in [-0.4, -0.2) is 74.7 Å². The zero-order valence-corrected chi connectivity index (χ0v) is 18.6. The van der Waals surface area contributed by atoms with Gasteiger partial charge in [-0.1, -0.05) is 0 Å². The Balaban J connectivity index is 1.20. The molecular formula is C24H26N8O. The number of aromatic nitrogens is 5. The largest absolute Gasteiger partial charge is 0.378 e. The first kappa shape index (κ1) is 20.1. The summed E-state index contributed by atoms with van der Waals surface area (Å²) in [5.74, 6) is 0.685. The third kappa shape index (κ3) is 4.01. The van der Waals surface area contributed by atoms with Crippen LogP contribution in [0.2, 0.25) is 0 Å². The summed E-state index contributed by atoms with van der Waals surface area (Å²) in [6.07, 6.45) is 9.07. The highest BCUT2D eigenvalue weighted by Crippen LogP contribution is 2.26. The van der Waals surface area contributed by atoms with E-state index in [1.54, 1.807) is 18.6 Å². The number of piperazine rings is 1. The molecule has 2 saturated heterocycles. The summed E-state index contributed by atoms with van der Waals surface area (Å²) in [5.41, 5.74) is 5.30. The van der Waals surface area contributed by atoms with Crippen LogP contribution < -0.4 is 10.2 Å². The number of anilines is 3. The number of imidazole rings is 1. The average molecular weight is 443 g/mol. The Kier molecular flexibility index (Phi) is 5.12. The van der Waals surface area contributed by atoms with Gasteiger partial charge in [0.05, 0.1) is 31.1 Å². The Labute approximate surface area is 192 Å². The van der Waals surface area contributed by atoms with Crippen LogP contribution in [0.15, 0.2) is 55.2 Å². The number of aryl methyl sites for hydroxylation is 1. The second-order valence-corrected chi connectivity index (χ2v) is 8.56. The maximum atomic E-state index is 5.34. The van der Waals surface area contributed by atoms with Crippen LogP contribution in [-0.2, 0) is 4.74 Å². The van der Waals surface area contributed by atoms with Gasteiger partial charge in [-0.05, 0) is 31.2 Å². The first-order valence-corrected chi connectivity index (χ1v) is 11.3. The molecule has 33 heavy (non-hydrogen) atoms. The standard InChI is InChI=1S/C24H26N8O/c1-17-12-25-13-21(27-17)22-14-32-7-6-26-24(32)23(29-22)28-18-2-4-19(5-3-18)30-8-10-31(11-9-30)20-15-33-16-20/h2-7,12-14,20H,8-11,15-16H2,1H3,(H,28,29). The Bertz CT molecular complexity index is 1260. The predicted octanol–water partition coefficient (Wildman–Crippen LogP) is 2.76. The average Bonchev–Trinajstić information content (AvgIpc) is 3.28. The molecule has 9 nitrogen and oxygen atoms in total. The quantitative estimate of drug-likeness (QED) is 0.505. The van der Waals surface area contributed by atoms with Crippen molar-refractivity contribution in [1.29, 1.82) is 0 Å². The van der Waals surface area contributed by atoms with Gasteiger partial charge in [0.15, 0.2) is 11.5 Å². The normalized spacial score (nSPS) is 17.3. The van der Waals surface area contributed by atoms with E-state index in [0.29, 0.717) is 11.9 Å². The molecule has 0 unspecified atom stereocenters. The van der Waals surface area contributed by atoms with Gasteiger partial charge in [-0.15, -0.1) is 0 Å². The molecule has 2 aliphatic rings. The van der Waals surface area contributed by atoms with Gasteiger partial charge in [0, 0.05) is 62.3 Å². The third-order valence-electron chi connectivity index (χ3n) is 6.34. The highest BCUT2D eigenvalue weighted by Gasteiger charge is 2.28. The molecule has 4 aromatic rings. The lowest BCUT2D eigenvalue weighted by Crippen LogP contribution is -2.56. The van der Waals surface area contributed by atoms with Gasteiger partial charge < -0.3 is 19.4 Å². The molecule has 0 spiro atoms. The van der Waals surface area contributed by atoms with E-state index in [9.17, 15) is 0 Å². The Morgan fingerprint density at radius 2 is 1.79 bits per heavy atom. The molecule has 9 heteroatoms. The Morgan fingerprint density at radius 1 is 0.970 bits per heavy atom. The van der Waals surface area contributed by atoms with E-state index in [1.807, 2.05) is 23.7 Å². The molecule has 3 aromatic heterocycles. The molecule has 0 bridgehead atoms. The van der Waals surface area contributed by atoms with E-state index in [1.165, 1.54) is 5.69 Å². The number of nitrogens with one attached hydrogen (secondary N) is 1. The van der Waals surface area contributed by atoms with Crippen LogP contribution >= 0.6 is 0 Å². The minimum Gasteiger partial charge on any atom is -0.378 e. The topological polar surface area (TPSA) is 83.7 Å². The van der Waals surface area contributed by atoms with Crippen LogP contribution in [0.5, 0.6) is 0 Å². The van der Waals surface area contributed by atoms with Gasteiger partial charge in [0.1, 0.15) is 11.4 Å². The monoisotopic (exact) mass is 442 g/mol. The van der Waals surface area contributed by atoms with Crippen molar-refractivity contribution in [3.05, 3.63) is 60.9 Å². The molecule has 1 aromatic carbocycles. The van der Waals surface area contributed by atoms with E-state index in [-0.39, 0.29) is 0 Å². The maximum absolute atomic E-state index is 5.34. The van der Waals surface area contributed by atoms with Crippen LogP contribution in [0.4, 0.5) is 17.2 Å². The lowest BCUT2D eigenvalue weighted by molar-refractivity contribution is -0.0660. The minimum absolute atomic E-state index is 0.618. The second kappa shape index (κ2) is 8.42. The van der Waals surface area contributed by atoms with Gasteiger partial charge in [-0.3, -0.25) is 9.88 Å². The molecule has 0 saturated carbocycles. The van der Waals surface area contributed by atoms with E-state index >= 15 is 0 Å². The fourth-order valence-corrected chi connectivity index (χ4v) is 4.40. The smallest absolute Gasteiger partial charge is 0.180 e. The fourth-order valence-electron chi connectivity index (χ4n) is 4.40. The van der Waals surface area contributed by atoms with Crippen LogP contribution in [0, 0.1) is 6.92 Å². The Morgan fingerprint density at radius 3 is 2.52 bits per heavy atom. The number of nitrogens with zero attached hydrogens (tertiary/aromatic N) is 7. The summed E-state index contributed by atoms with van der Waals surface area (Å²) in [5, 5.41) is 3.44. The molecule has 168 valence electrons. The molecular weight excluding hydrogens is 416 g/mol. The van der Waals surface area contributed by atoms with Crippen molar-refractivity contribution in [2.45, 2.75) is 13.0 Å². The van der Waals surface area contributed by atoms with Gasteiger partial charge in [-0.2, -0.15) is 0 Å². The first-order valence-electron chi connectivity index (χ1n) is 11.3. The summed E-state index contributed by atoms with van der Waals surface area (Å²) < 4.78 is 7.30. The number of hydrogen-bond acceptors (Lipinski definition) is 8. The van der Waals surface area contributed by atoms with Crippen molar-refractivity contribution in [2.75, 3.05) is 49.6 Å². The molecule has 6 rings (SSSR count). The van der Waals surface area contributed by atoms with Crippen LogP contribution in [0.25, 0.3) is 17.0 Å². The summed E-state index contributed by atoms with van der Waals surface area (Å²) in [7, 11) is 0. The van der Waals surface area contributed by atoms with Crippen molar-refractivity contribution in [1.82, 2.24) is 29.2 Å². The van der Waals surface area contributed by atoms with Crippen LogP contribution in [0.1, 0.15) is 5.69 Å². The zero-order valence-electron chi connectivity index (χ0n) is 18.6. The summed E-state index contributed by atoms with van der Waals surface area (Å²) in [6, 6.07) is 9.16. The van der Waals surface area contributed by atoms with Crippen molar-refractivity contribution in [3.8, 4) is 11.4 Å². The van der Waals surface area contributed by atoms with Crippen molar-refractivity contribution in [2.24, 2.45) is 0 Å². The van der Waals surface area contributed by atoms with E-state index in [0.717, 1.165) is 67.8 Å². The highest BCUT2D eigenvalue weighted by atomic mass is 16.5. The van der Waals surface area contributed by atoms with Gasteiger partial charge >= 0.3 is 0 Å². The minimum atomic E-state index is 0.618. The summed E-state index contributed by atoms with van der Waals surface area (Å²) >= 11 is 0. The Hall–Kier alpha value is -3.56. The van der Waals surface area contributed by atoms with Gasteiger partial charge in [0.25, 0.3) is 0 Å². The van der Waals surface area contributed by atoms with Crippen molar-refractivity contribution < 1.29 is 4.74 Å². The highest BCUT2D eigenvalue weighted by molar-refractivity contribution is 5.73. The molecule has 0 radical (unpaired) electrons. The van der Waals surface area contributed by atoms with Crippen molar-refractivity contribution >= 4 is 22.8 Å². The first-order chi connectivity index (χ1) is 16.2. The maximum Gasteiger partial charge on any atom is 0.180 e. The van der Waals surface area contributed by atoms with Gasteiger partial charge in [0.2, 0.25) is 0 Å². The zero-order chi connectivity index (χ0) is 22.2. The fraction of sp³-hybridized carbons (Fsp3) is 0.333. The lowest BCUT2D eigenvalue weighted by Gasteiger charge is -2.43. The molecule has 2 aliphatic heterocycles. The predicted molar refractivity (Wildman–Crippen MR) is 127 cm³/mol. The van der Waals surface area contributed by atoms with Crippen molar-refractivity contribution in [3.63, 3.8) is 0 Å². The van der Waals surface area contributed by atoms with Gasteiger partial charge in [-0.25, -0.2) is 15.0 Å². The third-order valence-corrected chi connectivity index (χ3v) is 6.34. The lowest BCUT2D eigenvalue weighted by atomic mass is 10.1. The number of hydrogen-bond donors (Lipinski definition) is 1. The summed E-state index contributed by atoms with van der Waals surface area (Å²) in [6.45, 7) is 7.95. The molecule has 0 aliphatic carbocycles. The molecule has 1 N–H and O–H groups in total. The number of ether oxygens (including phenoxy) is 1. The van der Waals surface area contributed by atoms with E-state index < -0.39 is 0 Å². The second-order valence-electron chi connectivity index (χ2n) is 8.56. The SMILES string of the molecule is Cc1cncc(-c2cn3ccnc3c(Nc3ccc(N4CCN(C5COC5)CC4)cc3)n2)n1. The van der Waals surface area contributed by atoms with Crippen LogP contribution in [0.3, 0.4) is 0 Å². The molecule has 5 heterocycles. The molecule has 0 amide bonds. The number of rotatable bonds is 5. The number of benzene rings is 1. The number of fused-ring (bicyclic) bond motifs is 1. The molecule has 2 fully saturated rings. The van der Waals surface area contributed by atoms with E-state index in [4.69, 9.17) is 9.72 Å². The molecule has 0 atom stereocenters.